The quantitative estimate of drug-likeness (QED) is 0.808. The molecule has 0 atom stereocenters. The fourth-order valence-electron chi connectivity index (χ4n) is 1.16. The molecule has 1 aromatic carbocycles. The fraction of sp³-hybridized carbons (Fsp3) is 0.273. The Labute approximate surface area is 91.9 Å². The standard InChI is InChI=1S/C11H9BrN2/c1-11(7-13,8-14)6-9-3-2-4-10(12)5-9/h2-5H,6H2,1H3. The van der Waals surface area contributed by atoms with Crippen molar-refractivity contribution in [1.82, 2.24) is 0 Å². The third-order valence-corrected chi connectivity index (χ3v) is 2.43. The summed E-state index contributed by atoms with van der Waals surface area (Å²) in [6, 6.07) is 11.7. The first-order valence-electron chi connectivity index (χ1n) is 4.16. The van der Waals surface area contributed by atoms with Gasteiger partial charge >= 0.3 is 0 Å². The molecule has 1 aromatic rings. The van der Waals surface area contributed by atoms with Gasteiger partial charge in [0.1, 0.15) is 5.41 Å². The van der Waals surface area contributed by atoms with Crippen LogP contribution in [0.25, 0.3) is 0 Å². The second kappa shape index (κ2) is 4.26. The Morgan fingerprint density at radius 3 is 2.50 bits per heavy atom. The van der Waals surface area contributed by atoms with E-state index in [0.717, 1.165) is 10.0 Å². The van der Waals surface area contributed by atoms with E-state index in [1.807, 2.05) is 36.4 Å². The van der Waals surface area contributed by atoms with Gasteiger partial charge in [0.15, 0.2) is 0 Å². The average Bonchev–Trinajstić information content (AvgIpc) is 2.18. The minimum absolute atomic E-state index is 0.458. The highest BCUT2D eigenvalue weighted by atomic mass is 79.9. The highest BCUT2D eigenvalue weighted by molar-refractivity contribution is 9.10. The molecule has 1 rings (SSSR count). The topological polar surface area (TPSA) is 47.6 Å². The molecule has 0 aromatic heterocycles. The number of nitriles is 2. The first kappa shape index (κ1) is 10.8. The van der Waals surface area contributed by atoms with Crippen molar-refractivity contribution in [2.45, 2.75) is 13.3 Å². The van der Waals surface area contributed by atoms with Crippen molar-refractivity contribution < 1.29 is 0 Å². The van der Waals surface area contributed by atoms with Crippen LogP contribution in [0, 0.1) is 28.1 Å². The summed E-state index contributed by atoms with van der Waals surface area (Å²) in [4.78, 5) is 0. The molecule has 0 N–H and O–H groups in total. The van der Waals surface area contributed by atoms with Crippen LogP contribution in [0.1, 0.15) is 12.5 Å². The van der Waals surface area contributed by atoms with Crippen molar-refractivity contribution in [2.24, 2.45) is 5.41 Å². The predicted molar refractivity (Wildman–Crippen MR) is 57.2 cm³/mol. The number of hydrogen-bond donors (Lipinski definition) is 0. The van der Waals surface area contributed by atoms with Gasteiger partial charge in [0.2, 0.25) is 0 Å². The normalized spacial score (nSPS) is 10.3. The Balaban J connectivity index is 2.91. The van der Waals surface area contributed by atoms with Crippen LogP contribution in [0.4, 0.5) is 0 Å². The Kier molecular flexibility index (Phi) is 3.28. The summed E-state index contributed by atoms with van der Waals surface area (Å²) in [6.45, 7) is 1.65. The van der Waals surface area contributed by atoms with E-state index < -0.39 is 5.41 Å². The second-order valence-corrected chi connectivity index (χ2v) is 4.28. The Hall–Kier alpha value is -1.32. The Bertz CT molecular complexity index is 398. The average molecular weight is 249 g/mol. The maximum Gasteiger partial charge on any atom is 0.145 e. The van der Waals surface area contributed by atoms with Crippen LogP contribution < -0.4 is 0 Å². The molecule has 0 saturated carbocycles. The van der Waals surface area contributed by atoms with Gasteiger partial charge in [-0.3, -0.25) is 0 Å². The van der Waals surface area contributed by atoms with E-state index >= 15 is 0 Å². The number of hydrogen-bond acceptors (Lipinski definition) is 2. The molecule has 0 saturated heterocycles. The van der Waals surface area contributed by atoms with Gasteiger partial charge in [-0.25, -0.2) is 0 Å². The van der Waals surface area contributed by atoms with E-state index in [1.165, 1.54) is 0 Å². The summed E-state index contributed by atoms with van der Waals surface area (Å²) < 4.78 is 0.966. The summed E-state index contributed by atoms with van der Waals surface area (Å²) in [5, 5.41) is 17.7. The molecule has 3 heteroatoms. The minimum atomic E-state index is -0.930. The molecule has 14 heavy (non-hydrogen) atoms. The third kappa shape index (κ3) is 2.58. The van der Waals surface area contributed by atoms with Crippen LogP contribution in [0.2, 0.25) is 0 Å². The molecule has 0 unspecified atom stereocenters. The molecule has 0 radical (unpaired) electrons. The first-order chi connectivity index (χ1) is 6.59. The van der Waals surface area contributed by atoms with Crippen LogP contribution in [0.15, 0.2) is 28.7 Å². The summed E-state index contributed by atoms with van der Waals surface area (Å²) in [7, 11) is 0. The van der Waals surface area contributed by atoms with E-state index in [1.54, 1.807) is 6.92 Å². The Morgan fingerprint density at radius 1 is 1.36 bits per heavy atom. The van der Waals surface area contributed by atoms with Crippen LogP contribution >= 0.6 is 15.9 Å². The van der Waals surface area contributed by atoms with Crippen LogP contribution in [-0.4, -0.2) is 0 Å². The third-order valence-electron chi connectivity index (χ3n) is 1.94. The molecule has 0 amide bonds. The predicted octanol–water partition coefficient (Wildman–Crippen LogP) is 3.05. The number of benzene rings is 1. The largest absolute Gasteiger partial charge is 0.197 e. The number of rotatable bonds is 2. The summed E-state index contributed by atoms with van der Waals surface area (Å²) in [5.41, 5.74) is 0.0609. The monoisotopic (exact) mass is 248 g/mol. The molecule has 70 valence electrons. The van der Waals surface area contributed by atoms with Gasteiger partial charge in [0, 0.05) is 10.9 Å². The van der Waals surface area contributed by atoms with Crippen molar-refractivity contribution in [1.29, 1.82) is 10.5 Å². The highest BCUT2D eigenvalue weighted by Gasteiger charge is 2.23. The summed E-state index contributed by atoms with van der Waals surface area (Å²) in [5.74, 6) is 0. The smallest absolute Gasteiger partial charge is 0.145 e. The lowest BCUT2D eigenvalue weighted by Crippen LogP contribution is -2.14. The molecule has 0 aliphatic carbocycles. The maximum absolute atomic E-state index is 8.83. The van der Waals surface area contributed by atoms with Crippen molar-refractivity contribution in [3.8, 4) is 12.1 Å². The zero-order valence-corrected chi connectivity index (χ0v) is 9.37. The molecule has 0 fully saturated rings. The minimum Gasteiger partial charge on any atom is -0.197 e. The van der Waals surface area contributed by atoms with E-state index in [0.29, 0.717) is 6.42 Å². The SMILES string of the molecule is CC(C#N)(C#N)Cc1cccc(Br)c1. The number of halogens is 1. The number of nitrogens with zero attached hydrogens (tertiary/aromatic N) is 2. The van der Waals surface area contributed by atoms with Gasteiger partial charge in [-0.2, -0.15) is 10.5 Å². The summed E-state index contributed by atoms with van der Waals surface area (Å²) >= 11 is 3.35. The van der Waals surface area contributed by atoms with E-state index in [4.69, 9.17) is 10.5 Å². The molecule has 0 heterocycles. The molecule has 0 bridgehead atoms. The molecular formula is C11H9BrN2. The van der Waals surface area contributed by atoms with Gasteiger partial charge in [-0.15, -0.1) is 0 Å². The molecule has 0 aliphatic heterocycles. The zero-order valence-electron chi connectivity index (χ0n) is 7.79. The van der Waals surface area contributed by atoms with Crippen LogP contribution in [0.5, 0.6) is 0 Å². The van der Waals surface area contributed by atoms with Gasteiger partial charge in [-0.1, -0.05) is 28.1 Å². The highest BCUT2D eigenvalue weighted by Crippen LogP contribution is 2.22. The molecular weight excluding hydrogens is 240 g/mol. The lowest BCUT2D eigenvalue weighted by molar-refractivity contribution is 0.580. The first-order valence-corrected chi connectivity index (χ1v) is 4.96. The van der Waals surface area contributed by atoms with Crippen molar-refractivity contribution in [3.05, 3.63) is 34.3 Å². The lowest BCUT2D eigenvalue weighted by atomic mass is 9.87. The van der Waals surface area contributed by atoms with Crippen molar-refractivity contribution in [3.63, 3.8) is 0 Å². The van der Waals surface area contributed by atoms with E-state index in [-0.39, 0.29) is 0 Å². The zero-order chi connectivity index (χ0) is 10.6. The molecule has 2 nitrogen and oxygen atoms in total. The fourth-order valence-corrected chi connectivity index (χ4v) is 1.61. The maximum atomic E-state index is 8.83. The van der Waals surface area contributed by atoms with Gasteiger partial charge < -0.3 is 0 Å². The summed E-state index contributed by atoms with van der Waals surface area (Å²) in [6.07, 6.45) is 0.458. The van der Waals surface area contributed by atoms with Crippen molar-refractivity contribution in [2.75, 3.05) is 0 Å². The Morgan fingerprint density at radius 2 is 2.00 bits per heavy atom. The van der Waals surface area contributed by atoms with Gasteiger partial charge in [0.05, 0.1) is 12.1 Å². The van der Waals surface area contributed by atoms with Crippen molar-refractivity contribution >= 4 is 15.9 Å². The van der Waals surface area contributed by atoms with Gasteiger partial charge in [0.25, 0.3) is 0 Å². The second-order valence-electron chi connectivity index (χ2n) is 3.36. The molecule has 0 spiro atoms. The van der Waals surface area contributed by atoms with Crippen LogP contribution in [-0.2, 0) is 6.42 Å². The van der Waals surface area contributed by atoms with E-state index in [2.05, 4.69) is 15.9 Å². The molecule has 0 aliphatic rings. The lowest BCUT2D eigenvalue weighted by Gasteiger charge is -2.11. The van der Waals surface area contributed by atoms with E-state index in [9.17, 15) is 0 Å². The van der Waals surface area contributed by atoms with Gasteiger partial charge in [-0.05, 0) is 24.6 Å². The van der Waals surface area contributed by atoms with Crippen LogP contribution in [0.3, 0.4) is 0 Å².